The minimum absolute atomic E-state index is 0.0946. The molecule has 5 aliphatic rings. The van der Waals surface area contributed by atoms with Crippen LogP contribution in [0, 0.1) is 6.92 Å². The third-order valence-electron chi connectivity index (χ3n) is 11.0. The second-order valence-corrected chi connectivity index (χ2v) is 13.4. The van der Waals surface area contributed by atoms with Gasteiger partial charge in [-0.2, -0.15) is 0 Å². The van der Waals surface area contributed by atoms with Gasteiger partial charge in [-0.25, -0.2) is 0 Å². The average Bonchev–Trinajstić information content (AvgIpc) is 3.30. The maximum atomic E-state index is 13.9. The Labute approximate surface area is 243 Å². The summed E-state index contributed by atoms with van der Waals surface area (Å²) in [4.78, 5) is 19.2. The van der Waals surface area contributed by atoms with E-state index >= 15 is 0 Å². The van der Waals surface area contributed by atoms with Gasteiger partial charge in [0.1, 0.15) is 0 Å². The minimum Gasteiger partial charge on any atom is -0.370 e. The van der Waals surface area contributed by atoms with Crippen molar-refractivity contribution in [1.29, 1.82) is 0 Å². The number of benzene rings is 3. The van der Waals surface area contributed by atoms with Crippen molar-refractivity contribution >= 4 is 22.7 Å². The van der Waals surface area contributed by atoms with Crippen molar-refractivity contribution in [2.24, 2.45) is 0 Å². The maximum Gasteiger partial charge on any atom is 0.252 e. The number of carbonyl (C=O) groups excluding carboxylic acids is 1. The highest BCUT2D eigenvalue weighted by Gasteiger charge is 2.49. The van der Waals surface area contributed by atoms with E-state index in [1.54, 1.807) is 5.57 Å². The van der Waals surface area contributed by atoms with E-state index in [0.29, 0.717) is 0 Å². The third-order valence-corrected chi connectivity index (χ3v) is 11.0. The van der Waals surface area contributed by atoms with Gasteiger partial charge in [0, 0.05) is 36.4 Å². The van der Waals surface area contributed by atoms with Gasteiger partial charge in [-0.15, -0.1) is 0 Å². The number of hydrogen-bond acceptors (Lipinski definition) is 3. The molecular weight excluding hydrogens is 502 g/mol. The van der Waals surface area contributed by atoms with Crippen molar-refractivity contribution in [2.75, 3.05) is 24.5 Å². The summed E-state index contributed by atoms with van der Waals surface area (Å²) in [5, 5.41) is 6.52. The van der Waals surface area contributed by atoms with E-state index in [9.17, 15) is 4.79 Å². The molecule has 2 heterocycles. The molecule has 3 fully saturated rings. The Kier molecular flexibility index (Phi) is 5.93. The summed E-state index contributed by atoms with van der Waals surface area (Å²) in [6.07, 6.45) is 10.5. The Balaban J connectivity index is 1.04. The van der Waals surface area contributed by atoms with Gasteiger partial charge in [-0.1, -0.05) is 60.2 Å². The lowest BCUT2D eigenvalue weighted by molar-refractivity contribution is 0.0940. The quantitative estimate of drug-likeness (QED) is 0.462. The summed E-state index contributed by atoms with van der Waals surface area (Å²) in [6.45, 7) is 6.39. The first kappa shape index (κ1) is 25.3. The number of nitrogens with zero attached hydrogens (tertiary/aromatic N) is 2. The van der Waals surface area contributed by atoms with Gasteiger partial charge in [-0.3, -0.25) is 9.69 Å². The van der Waals surface area contributed by atoms with E-state index in [0.717, 1.165) is 56.4 Å². The fourth-order valence-corrected chi connectivity index (χ4v) is 8.59. The molecule has 1 atom stereocenters. The molecule has 0 aromatic heterocycles. The van der Waals surface area contributed by atoms with E-state index < -0.39 is 0 Å². The van der Waals surface area contributed by atoms with E-state index in [1.165, 1.54) is 71.5 Å². The number of amides is 1. The summed E-state index contributed by atoms with van der Waals surface area (Å²) >= 11 is 0. The van der Waals surface area contributed by atoms with Gasteiger partial charge in [-0.05, 0) is 116 Å². The second kappa shape index (κ2) is 9.59. The van der Waals surface area contributed by atoms with Crippen LogP contribution in [0.1, 0.15) is 78.4 Å². The van der Waals surface area contributed by atoms with Crippen molar-refractivity contribution in [1.82, 2.24) is 10.2 Å². The second-order valence-electron chi connectivity index (χ2n) is 13.4. The predicted molar refractivity (Wildman–Crippen MR) is 166 cm³/mol. The molecule has 2 aliphatic heterocycles. The highest BCUT2D eigenvalue weighted by Crippen LogP contribution is 2.46. The normalized spacial score (nSPS) is 24.3. The Bertz CT molecular complexity index is 1650. The van der Waals surface area contributed by atoms with Crippen LogP contribution in [0.25, 0.3) is 11.1 Å². The largest absolute Gasteiger partial charge is 0.370 e. The number of hydrogen-bond donors (Lipinski definition) is 1. The summed E-state index contributed by atoms with van der Waals surface area (Å²) in [5.41, 5.74) is 9.19. The zero-order chi connectivity index (χ0) is 27.6. The number of rotatable bonds is 6. The molecule has 3 aromatic carbocycles. The molecule has 41 heavy (non-hydrogen) atoms. The van der Waals surface area contributed by atoms with Crippen molar-refractivity contribution in [2.45, 2.75) is 82.3 Å². The van der Waals surface area contributed by atoms with Crippen molar-refractivity contribution < 1.29 is 4.79 Å². The van der Waals surface area contributed by atoms with Gasteiger partial charge in [0.2, 0.25) is 0 Å². The van der Waals surface area contributed by atoms with Gasteiger partial charge < -0.3 is 10.2 Å². The van der Waals surface area contributed by atoms with Gasteiger partial charge in [0.25, 0.3) is 5.91 Å². The number of anilines is 1. The standard InChI is InChI=1S/C37H41N3O/c1-26-11-15-30(39-22-20-36(25-39)17-6-21-40(36)24-27-7-3-2-4-8-27)23-32(26)35(41)38-37(18-19-37)33-16-14-29-13-12-28-9-5-10-31(33)34(28)29/h2-5,7-11,15,23H,6,12-14,16-22,24-25H2,1H3,(H,38,41). The van der Waals surface area contributed by atoms with Crippen LogP contribution in [0.15, 0.2) is 66.7 Å². The fraction of sp³-hybridized carbons (Fsp3) is 0.432. The van der Waals surface area contributed by atoms with Crippen LogP contribution in [0.2, 0.25) is 0 Å². The molecule has 1 spiro atoms. The first-order valence-corrected chi connectivity index (χ1v) is 15.8. The molecule has 8 rings (SSSR count). The first-order valence-electron chi connectivity index (χ1n) is 15.8. The van der Waals surface area contributed by atoms with E-state index in [2.05, 4.69) is 88.8 Å². The van der Waals surface area contributed by atoms with Crippen LogP contribution in [0.3, 0.4) is 0 Å². The van der Waals surface area contributed by atoms with Gasteiger partial charge in [0.15, 0.2) is 0 Å². The SMILES string of the molecule is Cc1ccc(N2CCC3(CCCN3Cc3ccccc3)C2)cc1C(=O)NC1(C2=c3cccc4c3=C(CC2)CC4)CC1. The average molecular weight is 544 g/mol. The molecule has 0 radical (unpaired) electrons. The van der Waals surface area contributed by atoms with E-state index in [-0.39, 0.29) is 17.0 Å². The molecule has 1 amide bonds. The maximum absolute atomic E-state index is 13.9. The zero-order valence-corrected chi connectivity index (χ0v) is 24.3. The molecule has 3 aromatic rings. The third kappa shape index (κ3) is 4.25. The topological polar surface area (TPSA) is 35.6 Å². The Morgan fingerprint density at radius 1 is 0.878 bits per heavy atom. The molecule has 1 unspecified atom stereocenters. The zero-order valence-electron chi connectivity index (χ0n) is 24.3. The Morgan fingerprint density at radius 2 is 1.73 bits per heavy atom. The Morgan fingerprint density at radius 3 is 2.59 bits per heavy atom. The molecule has 4 nitrogen and oxygen atoms in total. The summed E-state index contributed by atoms with van der Waals surface area (Å²) in [5.74, 6) is 0.0946. The molecular formula is C37H41N3O. The number of aryl methyl sites for hydroxylation is 2. The van der Waals surface area contributed by atoms with Crippen LogP contribution in [0.5, 0.6) is 0 Å². The molecule has 3 aliphatic carbocycles. The minimum atomic E-state index is -0.164. The number of likely N-dealkylation sites (tertiary alicyclic amines) is 1. The van der Waals surface area contributed by atoms with Crippen LogP contribution in [0.4, 0.5) is 5.69 Å². The Hall–Kier alpha value is -3.37. The number of carbonyl (C=O) groups is 1. The summed E-state index contributed by atoms with van der Waals surface area (Å²) < 4.78 is 0. The van der Waals surface area contributed by atoms with Crippen molar-refractivity contribution in [3.05, 3.63) is 99.4 Å². The monoisotopic (exact) mass is 543 g/mol. The molecule has 0 bridgehead atoms. The lowest BCUT2D eigenvalue weighted by atomic mass is 9.88. The van der Waals surface area contributed by atoms with Crippen molar-refractivity contribution in [3.63, 3.8) is 0 Å². The highest BCUT2D eigenvalue weighted by molar-refractivity contribution is 5.98. The van der Waals surface area contributed by atoms with E-state index in [1.807, 2.05) is 0 Å². The number of nitrogens with one attached hydrogen (secondary N) is 1. The van der Waals surface area contributed by atoms with Crippen LogP contribution >= 0.6 is 0 Å². The van der Waals surface area contributed by atoms with Crippen molar-refractivity contribution in [3.8, 4) is 0 Å². The van der Waals surface area contributed by atoms with Crippen LogP contribution < -0.4 is 20.7 Å². The smallest absolute Gasteiger partial charge is 0.252 e. The molecule has 210 valence electrons. The molecule has 1 N–H and O–H groups in total. The molecule has 2 saturated heterocycles. The van der Waals surface area contributed by atoms with Crippen LogP contribution in [-0.4, -0.2) is 41.5 Å². The molecule has 1 saturated carbocycles. The lowest BCUT2D eigenvalue weighted by Gasteiger charge is -2.35. The highest BCUT2D eigenvalue weighted by atomic mass is 16.1. The van der Waals surface area contributed by atoms with Gasteiger partial charge >= 0.3 is 0 Å². The first-order chi connectivity index (χ1) is 20.0. The summed E-state index contributed by atoms with van der Waals surface area (Å²) in [6, 6.07) is 24.3. The lowest BCUT2D eigenvalue weighted by Crippen LogP contribution is -2.45. The molecule has 4 heteroatoms. The van der Waals surface area contributed by atoms with Crippen LogP contribution in [-0.2, 0) is 13.0 Å². The fourth-order valence-electron chi connectivity index (χ4n) is 8.59. The summed E-state index contributed by atoms with van der Waals surface area (Å²) in [7, 11) is 0. The predicted octanol–water partition coefficient (Wildman–Crippen LogP) is 5.24. The van der Waals surface area contributed by atoms with E-state index in [4.69, 9.17) is 0 Å². The van der Waals surface area contributed by atoms with Gasteiger partial charge in [0.05, 0.1) is 5.54 Å².